The van der Waals surface area contributed by atoms with Gasteiger partial charge in [-0.1, -0.05) is 54.1 Å². The van der Waals surface area contributed by atoms with E-state index in [1.165, 1.54) is 11.4 Å². The molecule has 0 radical (unpaired) electrons. The SMILES string of the molecule is COc1cccc(S(=O)(=O)N(c2ccccc2)C(C)c2ccc(C)cc2)c1. The van der Waals surface area contributed by atoms with Crippen molar-refractivity contribution in [2.45, 2.75) is 24.8 Å². The molecule has 0 amide bonds. The van der Waals surface area contributed by atoms with Gasteiger partial charge in [0.1, 0.15) is 5.75 Å². The summed E-state index contributed by atoms with van der Waals surface area (Å²) in [5.41, 5.74) is 2.68. The molecule has 1 unspecified atom stereocenters. The van der Waals surface area contributed by atoms with E-state index in [1.807, 2.05) is 68.4 Å². The Kier molecular flexibility index (Phi) is 5.51. The molecule has 0 N–H and O–H groups in total. The van der Waals surface area contributed by atoms with Gasteiger partial charge in [-0.05, 0) is 43.7 Å². The molecular formula is C22H23NO3S. The van der Waals surface area contributed by atoms with Crippen molar-refractivity contribution in [1.29, 1.82) is 0 Å². The molecule has 140 valence electrons. The lowest BCUT2D eigenvalue weighted by Gasteiger charge is -2.31. The second-order valence-electron chi connectivity index (χ2n) is 6.40. The molecule has 0 aliphatic heterocycles. The smallest absolute Gasteiger partial charge is 0.265 e. The van der Waals surface area contributed by atoms with Gasteiger partial charge in [0.2, 0.25) is 0 Å². The summed E-state index contributed by atoms with van der Waals surface area (Å²) in [6.45, 7) is 3.91. The van der Waals surface area contributed by atoms with Crippen molar-refractivity contribution in [3.63, 3.8) is 0 Å². The number of para-hydroxylation sites is 1. The summed E-state index contributed by atoms with van der Waals surface area (Å²) in [7, 11) is -2.27. The predicted molar refractivity (Wildman–Crippen MR) is 109 cm³/mol. The van der Waals surface area contributed by atoms with E-state index in [0.29, 0.717) is 11.4 Å². The highest BCUT2D eigenvalue weighted by atomic mass is 32.2. The molecule has 0 aliphatic carbocycles. The van der Waals surface area contributed by atoms with Crippen LogP contribution in [0.5, 0.6) is 5.75 Å². The minimum Gasteiger partial charge on any atom is -0.497 e. The van der Waals surface area contributed by atoms with Crippen LogP contribution in [-0.4, -0.2) is 15.5 Å². The number of hydrogen-bond acceptors (Lipinski definition) is 3. The fraction of sp³-hybridized carbons (Fsp3) is 0.182. The Bertz CT molecular complexity index is 999. The van der Waals surface area contributed by atoms with Crippen LogP contribution >= 0.6 is 0 Å². The Balaban J connectivity index is 2.13. The summed E-state index contributed by atoms with van der Waals surface area (Å²) in [6.07, 6.45) is 0. The molecule has 0 saturated carbocycles. The maximum Gasteiger partial charge on any atom is 0.265 e. The third kappa shape index (κ3) is 3.98. The van der Waals surface area contributed by atoms with E-state index >= 15 is 0 Å². The standard InChI is InChI=1S/C22H23NO3S/c1-17-12-14-19(15-13-17)18(2)23(20-8-5-4-6-9-20)27(24,25)22-11-7-10-21(16-22)26-3/h4-16,18H,1-3H3. The average Bonchev–Trinajstić information content (AvgIpc) is 2.69. The summed E-state index contributed by atoms with van der Waals surface area (Å²) < 4.78 is 33.8. The maximum atomic E-state index is 13.6. The van der Waals surface area contributed by atoms with Gasteiger partial charge in [-0.2, -0.15) is 0 Å². The molecule has 3 aromatic carbocycles. The average molecular weight is 381 g/mol. The van der Waals surface area contributed by atoms with Crippen molar-refractivity contribution in [3.8, 4) is 5.75 Å². The van der Waals surface area contributed by atoms with Crippen molar-refractivity contribution >= 4 is 15.7 Å². The Labute approximate surface area is 161 Å². The van der Waals surface area contributed by atoms with Gasteiger partial charge in [-0.3, -0.25) is 4.31 Å². The summed E-state index contributed by atoms with van der Waals surface area (Å²) in [5.74, 6) is 0.507. The zero-order chi connectivity index (χ0) is 19.4. The predicted octanol–water partition coefficient (Wildman–Crippen LogP) is 4.96. The number of rotatable bonds is 6. The summed E-state index contributed by atoms with van der Waals surface area (Å²) >= 11 is 0. The first-order chi connectivity index (χ1) is 12.9. The monoisotopic (exact) mass is 381 g/mol. The molecule has 0 bridgehead atoms. The second-order valence-corrected chi connectivity index (χ2v) is 8.22. The van der Waals surface area contributed by atoms with Crippen LogP contribution in [0.3, 0.4) is 0 Å². The van der Waals surface area contributed by atoms with Gasteiger partial charge < -0.3 is 4.74 Å². The van der Waals surface area contributed by atoms with E-state index in [0.717, 1.165) is 11.1 Å². The lowest BCUT2D eigenvalue weighted by Crippen LogP contribution is -2.33. The van der Waals surface area contributed by atoms with Crippen molar-refractivity contribution in [2.75, 3.05) is 11.4 Å². The highest BCUT2D eigenvalue weighted by molar-refractivity contribution is 7.92. The highest BCUT2D eigenvalue weighted by Crippen LogP contribution is 2.34. The molecule has 0 aliphatic rings. The number of nitrogens with zero attached hydrogens (tertiary/aromatic N) is 1. The van der Waals surface area contributed by atoms with Gasteiger partial charge in [0.15, 0.2) is 0 Å². The maximum absolute atomic E-state index is 13.6. The molecule has 0 fully saturated rings. The van der Waals surface area contributed by atoms with Crippen molar-refractivity contribution in [2.24, 2.45) is 0 Å². The van der Waals surface area contributed by atoms with Crippen LogP contribution in [0.1, 0.15) is 24.1 Å². The highest BCUT2D eigenvalue weighted by Gasteiger charge is 2.30. The van der Waals surface area contributed by atoms with E-state index in [2.05, 4.69) is 0 Å². The number of aryl methyl sites for hydroxylation is 1. The Morgan fingerprint density at radius 1 is 0.889 bits per heavy atom. The van der Waals surface area contributed by atoms with Gasteiger partial charge in [0.05, 0.1) is 23.7 Å². The first-order valence-electron chi connectivity index (χ1n) is 8.73. The largest absolute Gasteiger partial charge is 0.497 e. The van der Waals surface area contributed by atoms with Crippen LogP contribution in [-0.2, 0) is 10.0 Å². The normalized spacial score (nSPS) is 12.4. The number of ether oxygens (including phenoxy) is 1. The van der Waals surface area contributed by atoms with E-state index in [9.17, 15) is 8.42 Å². The molecule has 3 aromatic rings. The number of anilines is 1. The van der Waals surface area contributed by atoms with Crippen LogP contribution in [0.2, 0.25) is 0 Å². The molecule has 3 rings (SSSR count). The van der Waals surface area contributed by atoms with E-state index < -0.39 is 10.0 Å². The summed E-state index contributed by atoms with van der Waals surface area (Å²) in [6, 6.07) is 23.3. The Hall–Kier alpha value is -2.79. The number of benzene rings is 3. The first-order valence-corrected chi connectivity index (χ1v) is 10.2. The van der Waals surface area contributed by atoms with Crippen LogP contribution < -0.4 is 9.04 Å². The van der Waals surface area contributed by atoms with Gasteiger partial charge in [-0.15, -0.1) is 0 Å². The zero-order valence-electron chi connectivity index (χ0n) is 15.7. The van der Waals surface area contributed by atoms with Crippen molar-refractivity contribution in [1.82, 2.24) is 0 Å². The Morgan fingerprint density at radius 2 is 1.56 bits per heavy atom. The van der Waals surface area contributed by atoms with Gasteiger partial charge in [0.25, 0.3) is 10.0 Å². The molecule has 27 heavy (non-hydrogen) atoms. The van der Waals surface area contributed by atoms with Crippen LogP contribution in [0.15, 0.2) is 83.8 Å². The number of sulfonamides is 1. The van der Waals surface area contributed by atoms with Crippen LogP contribution in [0, 0.1) is 6.92 Å². The van der Waals surface area contributed by atoms with E-state index in [4.69, 9.17) is 4.74 Å². The van der Waals surface area contributed by atoms with Crippen LogP contribution in [0.25, 0.3) is 0 Å². The number of hydrogen-bond donors (Lipinski definition) is 0. The van der Waals surface area contributed by atoms with Gasteiger partial charge in [0, 0.05) is 6.07 Å². The molecule has 0 spiro atoms. The third-order valence-electron chi connectivity index (χ3n) is 4.52. The van der Waals surface area contributed by atoms with Crippen LogP contribution in [0.4, 0.5) is 5.69 Å². The van der Waals surface area contributed by atoms with E-state index in [-0.39, 0.29) is 10.9 Å². The molecular weight excluding hydrogens is 358 g/mol. The summed E-state index contributed by atoms with van der Waals surface area (Å²) in [4.78, 5) is 0.199. The van der Waals surface area contributed by atoms with Gasteiger partial charge in [-0.25, -0.2) is 8.42 Å². The molecule has 0 saturated heterocycles. The minimum absolute atomic E-state index is 0.199. The lowest BCUT2D eigenvalue weighted by molar-refractivity contribution is 0.413. The third-order valence-corrected chi connectivity index (χ3v) is 6.41. The Morgan fingerprint density at radius 3 is 2.19 bits per heavy atom. The van der Waals surface area contributed by atoms with Crippen molar-refractivity contribution < 1.29 is 13.2 Å². The molecule has 4 nitrogen and oxygen atoms in total. The first kappa shape index (κ1) is 19.0. The quantitative estimate of drug-likeness (QED) is 0.606. The van der Waals surface area contributed by atoms with Gasteiger partial charge >= 0.3 is 0 Å². The molecule has 0 aromatic heterocycles. The molecule has 5 heteroatoms. The lowest BCUT2D eigenvalue weighted by atomic mass is 10.1. The fourth-order valence-electron chi connectivity index (χ4n) is 3.00. The number of methoxy groups -OCH3 is 1. The topological polar surface area (TPSA) is 46.6 Å². The van der Waals surface area contributed by atoms with Crippen molar-refractivity contribution in [3.05, 3.63) is 90.0 Å². The molecule has 1 atom stereocenters. The minimum atomic E-state index is -3.79. The van der Waals surface area contributed by atoms with E-state index in [1.54, 1.807) is 24.3 Å². The fourth-order valence-corrected chi connectivity index (χ4v) is 4.68. The summed E-state index contributed by atoms with van der Waals surface area (Å²) in [5, 5.41) is 0. The zero-order valence-corrected chi connectivity index (χ0v) is 16.5. The molecule has 0 heterocycles. The second kappa shape index (κ2) is 7.84.